The number of piperidine rings is 1. The SMILES string of the molecule is CCC(C)(O)CN1CCC(C)(NC)CC1. The van der Waals surface area contributed by atoms with Gasteiger partial charge in [0.25, 0.3) is 0 Å². The minimum atomic E-state index is -0.520. The van der Waals surface area contributed by atoms with E-state index < -0.39 is 5.60 Å². The number of hydrogen-bond acceptors (Lipinski definition) is 3. The fourth-order valence-corrected chi connectivity index (χ4v) is 2.05. The average Bonchev–Trinajstić information content (AvgIpc) is 2.22. The quantitative estimate of drug-likeness (QED) is 0.738. The lowest BCUT2D eigenvalue weighted by molar-refractivity contribution is 0.00333. The normalized spacial score (nSPS) is 26.2. The van der Waals surface area contributed by atoms with E-state index in [0.29, 0.717) is 5.54 Å². The van der Waals surface area contributed by atoms with Gasteiger partial charge in [0.2, 0.25) is 0 Å². The Morgan fingerprint density at radius 1 is 1.40 bits per heavy atom. The number of likely N-dealkylation sites (tertiary alicyclic amines) is 1. The van der Waals surface area contributed by atoms with Gasteiger partial charge >= 0.3 is 0 Å². The highest BCUT2D eigenvalue weighted by atomic mass is 16.3. The second-order valence-corrected chi connectivity index (χ2v) is 5.44. The van der Waals surface area contributed by atoms with Gasteiger partial charge in [0.15, 0.2) is 0 Å². The van der Waals surface area contributed by atoms with Crippen molar-refractivity contribution in [2.24, 2.45) is 0 Å². The van der Waals surface area contributed by atoms with Gasteiger partial charge in [-0.05, 0) is 53.2 Å². The van der Waals surface area contributed by atoms with Gasteiger partial charge in [-0.1, -0.05) is 6.92 Å². The zero-order chi connectivity index (χ0) is 11.5. The molecule has 3 nitrogen and oxygen atoms in total. The van der Waals surface area contributed by atoms with Crippen molar-refractivity contribution in [3.63, 3.8) is 0 Å². The first-order chi connectivity index (χ1) is 6.91. The molecule has 1 saturated heterocycles. The van der Waals surface area contributed by atoms with Crippen molar-refractivity contribution in [2.45, 2.75) is 51.2 Å². The summed E-state index contributed by atoms with van der Waals surface area (Å²) in [5, 5.41) is 13.4. The monoisotopic (exact) mass is 214 g/mol. The summed E-state index contributed by atoms with van der Waals surface area (Å²) in [6.45, 7) is 9.24. The molecule has 0 aliphatic carbocycles. The molecule has 0 amide bonds. The largest absolute Gasteiger partial charge is 0.389 e. The molecular weight excluding hydrogens is 188 g/mol. The summed E-state index contributed by atoms with van der Waals surface area (Å²) in [7, 11) is 2.04. The fourth-order valence-electron chi connectivity index (χ4n) is 2.05. The van der Waals surface area contributed by atoms with Crippen molar-refractivity contribution in [3.8, 4) is 0 Å². The van der Waals surface area contributed by atoms with E-state index in [-0.39, 0.29) is 0 Å². The Morgan fingerprint density at radius 3 is 2.33 bits per heavy atom. The summed E-state index contributed by atoms with van der Waals surface area (Å²) in [6.07, 6.45) is 3.17. The number of rotatable bonds is 4. The van der Waals surface area contributed by atoms with Gasteiger partial charge in [0, 0.05) is 12.1 Å². The van der Waals surface area contributed by atoms with E-state index in [1.807, 2.05) is 20.9 Å². The molecule has 0 radical (unpaired) electrons. The average molecular weight is 214 g/mol. The lowest BCUT2D eigenvalue weighted by Crippen LogP contribution is -2.52. The minimum Gasteiger partial charge on any atom is -0.389 e. The van der Waals surface area contributed by atoms with Crippen molar-refractivity contribution in [2.75, 3.05) is 26.7 Å². The van der Waals surface area contributed by atoms with Gasteiger partial charge in [-0.25, -0.2) is 0 Å². The van der Waals surface area contributed by atoms with E-state index in [4.69, 9.17) is 0 Å². The van der Waals surface area contributed by atoms with E-state index in [2.05, 4.69) is 17.1 Å². The third-order valence-electron chi connectivity index (χ3n) is 3.89. The molecule has 0 spiro atoms. The molecule has 90 valence electrons. The van der Waals surface area contributed by atoms with Crippen LogP contribution in [0.25, 0.3) is 0 Å². The van der Waals surface area contributed by atoms with Crippen LogP contribution in [-0.2, 0) is 0 Å². The third-order valence-corrected chi connectivity index (χ3v) is 3.89. The van der Waals surface area contributed by atoms with Crippen LogP contribution in [0.2, 0.25) is 0 Å². The maximum absolute atomic E-state index is 10.0. The number of hydrogen-bond donors (Lipinski definition) is 2. The zero-order valence-electron chi connectivity index (χ0n) is 10.6. The van der Waals surface area contributed by atoms with Crippen LogP contribution in [0.3, 0.4) is 0 Å². The van der Waals surface area contributed by atoms with Crippen molar-refractivity contribution in [3.05, 3.63) is 0 Å². The lowest BCUT2D eigenvalue weighted by Gasteiger charge is -2.41. The van der Waals surface area contributed by atoms with Crippen LogP contribution < -0.4 is 5.32 Å². The van der Waals surface area contributed by atoms with E-state index in [0.717, 1.165) is 26.1 Å². The summed E-state index contributed by atoms with van der Waals surface area (Å²) in [5.41, 5.74) is -0.220. The minimum absolute atomic E-state index is 0.300. The molecule has 2 N–H and O–H groups in total. The predicted molar refractivity (Wildman–Crippen MR) is 64.1 cm³/mol. The van der Waals surface area contributed by atoms with Crippen LogP contribution in [0.1, 0.15) is 40.0 Å². The molecule has 1 aliphatic heterocycles. The Balaban J connectivity index is 2.38. The van der Waals surface area contributed by atoms with E-state index in [1.54, 1.807) is 0 Å². The Morgan fingerprint density at radius 2 is 1.93 bits per heavy atom. The highest BCUT2D eigenvalue weighted by molar-refractivity contribution is 4.89. The summed E-state index contributed by atoms with van der Waals surface area (Å²) >= 11 is 0. The summed E-state index contributed by atoms with van der Waals surface area (Å²) in [5.74, 6) is 0. The first kappa shape index (κ1) is 12.9. The molecule has 0 aromatic rings. The predicted octanol–water partition coefficient (Wildman–Crippen LogP) is 1.22. The molecule has 15 heavy (non-hydrogen) atoms. The molecule has 1 atom stereocenters. The lowest BCUT2D eigenvalue weighted by atomic mass is 9.89. The van der Waals surface area contributed by atoms with Gasteiger partial charge in [-0.3, -0.25) is 0 Å². The zero-order valence-corrected chi connectivity index (χ0v) is 10.6. The molecule has 0 aromatic heterocycles. The Bertz CT molecular complexity index is 196. The van der Waals surface area contributed by atoms with Crippen molar-refractivity contribution < 1.29 is 5.11 Å². The second kappa shape index (κ2) is 4.81. The van der Waals surface area contributed by atoms with E-state index in [9.17, 15) is 5.11 Å². The Labute approximate surface area is 93.9 Å². The van der Waals surface area contributed by atoms with E-state index >= 15 is 0 Å². The first-order valence-corrected chi connectivity index (χ1v) is 6.04. The Kier molecular flexibility index (Phi) is 4.15. The standard InChI is InChI=1S/C12H26N2O/c1-5-12(3,15)10-14-8-6-11(2,13-4)7-9-14/h13,15H,5-10H2,1-4H3. The second-order valence-electron chi connectivity index (χ2n) is 5.44. The van der Waals surface area contributed by atoms with Crippen LogP contribution >= 0.6 is 0 Å². The van der Waals surface area contributed by atoms with Gasteiger partial charge in [-0.15, -0.1) is 0 Å². The number of aliphatic hydroxyl groups is 1. The molecule has 1 rings (SSSR count). The number of β-amino-alcohol motifs (C(OH)–C–C–N with tert-alkyl or cyclic N) is 1. The molecule has 0 saturated carbocycles. The highest BCUT2D eigenvalue weighted by Gasteiger charge is 2.30. The van der Waals surface area contributed by atoms with Crippen LogP contribution in [0.15, 0.2) is 0 Å². The molecule has 1 heterocycles. The highest BCUT2D eigenvalue weighted by Crippen LogP contribution is 2.22. The molecule has 1 unspecified atom stereocenters. The van der Waals surface area contributed by atoms with Crippen LogP contribution in [0.4, 0.5) is 0 Å². The van der Waals surface area contributed by atoms with Gasteiger partial charge in [0.1, 0.15) is 0 Å². The number of nitrogens with zero attached hydrogens (tertiary/aromatic N) is 1. The smallest absolute Gasteiger partial charge is 0.0743 e. The maximum Gasteiger partial charge on any atom is 0.0743 e. The first-order valence-electron chi connectivity index (χ1n) is 6.04. The van der Waals surface area contributed by atoms with Crippen LogP contribution in [0.5, 0.6) is 0 Å². The van der Waals surface area contributed by atoms with Crippen LogP contribution in [-0.4, -0.2) is 47.8 Å². The third kappa shape index (κ3) is 3.74. The fraction of sp³-hybridized carbons (Fsp3) is 1.00. The molecule has 1 fully saturated rings. The van der Waals surface area contributed by atoms with E-state index in [1.165, 1.54) is 12.8 Å². The van der Waals surface area contributed by atoms with Crippen molar-refractivity contribution >= 4 is 0 Å². The topological polar surface area (TPSA) is 35.5 Å². The van der Waals surface area contributed by atoms with Gasteiger partial charge in [0.05, 0.1) is 5.60 Å². The van der Waals surface area contributed by atoms with Crippen molar-refractivity contribution in [1.29, 1.82) is 0 Å². The summed E-state index contributed by atoms with van der Waals surface area (Å²) < 4.78 is 0. The summed E-state index contributed by atoms with van der Waals surface area (Å²) in [4.78, 5) is 2.38. The van der Waals surface area contributed by atoms with Crippen LogP contribution in [0, 0.1) is 0 Å². The Hall–Kier alpha value is -0.120. The summed E-state index contributed by atoms with van der Waals surface area (Å²) in [6, 6.07) is 0. The molecule has 0 aromatic carbocycles. The maximum atomic E-state index is 10.0. The van der Waals surface area contributed by atoms with Crippen molar-refractivity contribution in [1.82, 2.24) is 10.2 Å². The molecule has 3 heteroatoms. The van der Waals surface area contributed by atoms with Gasteiger partial charge in [-0.2, -0.15) is 0 Å². The van der Waals surface area contributed by atoms with Gasteiger partial charge < -0.3 is 15.3 Å². The molecule has 1 aliphatic rings. The molecule has 0 bridgehead atoms. The number of nitrogens with one attached hydrogen (secondary N) is 1. The molecular formula is C12H26N2O.